The van der Waals surface area contributed by atoms with Crippen LogP contribution < -0.4 is 5.73 Å². The van der Waals surface area contributed by atoms with Gasteiger partial charge in [0.1, 0.15) is 0 Å². The molecule has 1 aromatic heterocycles. The van der Waals surface area contributed by atoms with Crippen molar-refractivity contribution in [3.8, 4) is 0 Å². The van der Waals surface area contributed by atoms with Gasteiger partial charge in [0.25, 0.3) is 0 Å². The molecule has 0 amide bonds. The lowest BCUT2D eigenvalue weighted by molar-refractivity contribution is 0.725. The molecule has 0 aliphatic carbocycles. The number of nitrogen functional groups attached to an aromatic ring is 1. The van der Waals surface area contributed by atoms with Crippen LogP contribution in [0.5, 0.6) is 0 Å². The molecule has 118 valence electrons. The number of nitrogens with two attached hydrogens (primary N) is 1. The highest BCUT2D eigenvalue weighted by atomic mass is 35.5. The Bertz CT molecular complexity index is 813. The summed E-state index contributed by atoms with van der Waals surface area (Å²) in [5, 5.41) is 2.42. The molecule has 0 atom stereocenters. The van der Waals surface area contributed by atoms with Gasteiger partial charge >= 0.3 is 0 Å². The summed E-state index contributed by atoms with van der Waals surface area (Å²) in [6.45, 7) is 0. The number of aryl methyl sites for hydroxylation is 2. The summed E-state index contributed by atoms with van der Waals surface area (Å²) in [4.78, 5) is 4.67. The van der Waals surface area contributed by atoms with Crippen LogP contribution in [-0.4, -0.2) is 4.98 Å². The molecular weight excluding hydrogens is 327 g/mol. The van der Waals surface area contributed by atoms with E-state index in [1.165, 1.54) is 5.56 Å². The van der Waals surface area contributed by atoms with Crippen molar-refractivity contribution in [3.05, 3.63) is 69.8 Å². The van der Waals surface area contributed by atoms with Gasteiger partial charge in [0.2, 0.25) is 0 Å². The first-order valence-corrected chi connectivity index (χ1v) is 8.46. The van der Waals surface area contributed by atoms with Gasteiger partial charge in [0.15, 0.2) is 0 Å². The van der Waals surface area contributed by atoms with E-state index in [-0.39, 0.29) is 0 Å². The molecule has 1 heterocycles. The quantitative estimate of drug-likeness (QED) is 0.604. The Morgan fingerprint density at radius 2 is 1.52 bits per heavy atom. The highest BCUT2D eigenvalue weighted by Gasteiger charge is 2.04. The van der Waals surface area contributed by atoms with Gasteiger partial charge in [-0.2, -0.15) is 0 Å². The van der Waals surface area contributed by atoms with E-state index in [1.807, 2.05) is 36.4 Å². The molecule has 0 saturated carbocycles. The van der Waals surface area contributed by atoms with Gasteiger partial charge in [-0.25, -0.2) is 0 Å². The van der Waals surface area contributed by atoms with Gasteiger partial charge in [-0.3, -0.25) is 4.98 Å². The van der Waals surface area contributed by atoms with Crippen molar-refractivity contribution in [2.45, 2.75) is 25.7 Å². The number of benzene rings is 2. The highest BCUT2D eigenvalue weighted by Crippen LogP contribution is 2.24. The molecule has 2 N–H and O–H groups in total. The first-order valence-electron chi connectivity index (χ1n) is 7.71. The minimum Gasteiger partial charge on any atom is -0.398 e. The maximum Gasteiger partial charge on any atom is 0.0740 e. The number of nitrogens with zero attached hydrogens (tertiary/aromatic N) is 1. The summed E-state index contributed by atoms with van der Waals surface area (Å²) in [6, 6.07) is 15.6. The summed E-state index contributed by atoms with van der Waals surface area (Å²) >= 11 is 11.9. The molecular formula is C19H18Cl2N2. The Balaban J connectivity index is 1.62. The molecule has 0 bridgehead atoms. The Labute approximate surface area is 146 Å². The first kappa shape index (κ1) is 16.1. The van der Waals surface area contributed by atoms with Crippen LogP contribution in [0, 0.1) is 0 Å². The molecule has 2 nitrogen and oxygen atoms in total. The minimum atomic E-state index is 0.685. The second-order valence-electron chi connectivity index (χ2n) is 5.70. The van der Waals surface area contributed by atoms with E-state index >= 15 is 0 Å². The van der Waals surface area contributed by atoms with E-state index in [9.17, 15) is 0 Å². The van der Waals surface area contributed by atoms with Crippen LogP contribution in [0.1, 0.15) is 24.1 Å². The van der Waals surface area contributed by atoms with Gasteiger partial charge in [-0.15, -0.1) is 0 Å². The maximum absolute atomic E-state index is 6.12. The van der Waals surface area contributed by atoms with Crippen LogP contribution in [-0.2, 0) is 12.8 Å². The van der Waals surface area contributed by atoms with Gasteiger partial charge < -0.3 is 5.73 Å². The lowest BCUT2D eigenvalue weighted by Gasteiger charge is -2.07. The summed E-state index contributed by atoms with van der Waals surface area (Å²) in [5.41, 5.74) is 10.1. The Kier molecular flexibility index (Phi) is 5.04. The highest BCUT2D eigenvalue weighted by molar-refractivity contribution is 6.31. The molecule has 3 aromatic rings. The molecule has 23 heavy (non-hydrogen) atoms. The fourth-order valence-electron chi connectivity index (χ4n) is 2.70. The molecule has 2 aromatic carbocycles. The van der Waals surface area contributed by atoms with Gasteiger partial charge in [-0.05, 0) is 67.6 Å². The predicted octanol–water partition coefficient (Wildman–Crippen LogP) is 5.69. The molecule has 0 fully saturated rings. The van der Waals surface area contributed by atoms with E-state index in [2.05, 4.69) is 17.1 Å². The van der Waals surface area contributed by atoms with Crippen molar-refractivity contribution in [1.29, 1.82) is 0 Å². The Morgan fingerprint density at radius 1 is 0.826 bits per heavy atom. The number of hydrogen-bond acceptors (Lipinski definition) is 2. The average Bonchev–Trinajstić information content (AvgIpc) is 2.53. The van der Waals surface area contributed by atoms with Crippen molar-refractivity contribution in [1.82, 2.24) is 4.98 Å². The van der Waals surface area contributed by atoms with Gasteiger partial charge in [0.05, 0.1) is 5.52 Å². The SMILES string of the molecule is Nc1cc(CCCCc2ccc(Cl)cc2)nc2cc(Cl)ccc12. The minimum absolute atomic E-state index is 0.685. The third-order valence-corrected chi connectivity index (χ3v) is 4.41. The molecule has 0 saturated heterocycles. The molecule has 0 radical (unpaired) electrons. The number of pyridine rings is 1. The molecule has 0 aliphatic rings. The molecule has 0 aliphatic heterocycles. The summed E-state index contributed by atoms with van der Waals surface area (Å²) in [7, 11) is 0. The summed E-state index contributed by atoms with van der Waals surface area (Å²) < 4.78 is 0. The predicted molar refractivity (Wildman–Crippen MR) is 99.3 cm³/mol. The van der Waals surface area contributed by atoms with Crippen LogP contribution in [0.15, 0.2) is 48.5 Å². The second-order valence-corrected chi connectivity index (χ2v) is 6.57. The van der Waals surface area contributed by atoms with E-state index in [0.29, 0.717) is 5.02 Å². The van der Waals surface area contributed by atoms with Crippen molar-refractivity contribution in [2.75, 3.05) is 5.73 Å². The van der Waals surface area contributed by atoms with Crippen LogP contribution in [0.3, 0.4) is 0 Å². The smallest absolute Gasteiger partial charge is 0.0740 e. The number of anilines is 1. The topological polar surface area (TPSA) is 38.9 Å². The molecule has 4 heteroatoms. The number of unbranched alkanes of at least 4 members (excludes halogenated alkanes) is 1. The zero-order valence-corrected chi connectivity index (χ0v) is 14.2. The molecule has 0 unspecified atom stereocenters. The molecule has 3 rings (SSSR count). The first-order chi connectivity index (χ1) is 11.1. The third-order valence-electron chi connectivity index (χ3n) is 3.92. The zero-order chi connectivity index (χ0) is 16.2. The van der Waals surface area contributed by atoms with Crippen LogP contribution >= 0.6 is 23.2 Å². The zero-order valence-electron chi connectivity index (χ0n) is 12.7. The largest absolute Gasteiger partial charge is 0.398 e. The number of fused-ring (bicyclic) bond motifs is 1. The van der Waals surface area contributed by atoms with E-state index in [0.717, 1.165) is 53.0 Å². The molecule has 0 spiro atoms. The van der Waals surface area contributed by atoms with Gasteiger partial charge in [-0.1, -0.05) is 35.3 Å². The van der Waals surface area contributed by atoms with Crippen LogP contribution in [0.4, 0.5) is 5.69 Å². The number of aromatic nitrogens is 1. The van der Waals surface area contributed by atoms with E-state index in [1.54, 1.807) is 0 Å². The summed E-state index contributed by atoms with van der Waals surface area (Å²) in [6.07, 6.45) is 4.14. The number of halogens is 2. The lowest BCUT2D eigenvalue weighted by atomic mass is 10.1. The normalized spacial score (nSPS) is 11.0. The lowest BCUT2D eigenvalue weighted by Crippen LogP contribution is -1.97. The van der Waals surface area contributed by atoms with Crippen molar-refractivity contribution in [3.63, 3.8) is 0 Å². The standard InChI is InChI=1S/C19H18Cl2N2/c20-14-7-5-13(6-8-14)3-1-2-4-16-12-18(22)17-10-9-15(21)11-19(17)23-16/h5-12H,1-4H2,(H2,22,23). The van der Waals surface area contributed by atoms with Gasteiger partial charge in [0, 0.05) is 26.8 Å². The van der Waals surface area contributed by atoms with Crippen molar-refractivity contribution >= 4 is 39.8 Å². The van der Waals surface area contributed by atoms with E-state index in [4.69, 9.17) is 28.9 Å². The summed E-state index contributed by atoms with van der Waals surface area (Å²) in [5.74, 6) is 0. The fraction of sp³-hybridized carbons (Fsp3) is 0.211. The van der Waals surface area contributed by atoms with E-state index < -0.39 is 0 Å². The number of hydrogen-bond donors (Lipinski definition) is 1. The Hall–Kier alpha value is -1.77. The van der Waals surface area contributed by atoms with Crippen molar-refractivity contribution in [2.24, 2.45) is 0 Å². The average molecular weight is 345 g/mol. The maximum atomic E-state index is 6.12. The van der Waals surface area contributed by atoms with Crippen LogP contribution in [0.2, 0.25) is 10.0 Å². The monoisotopic (exact) mass is 344 g/mol. The second kappa shape index (κ2) is 7.20. The number of rotatable bonds is 5. The third kappa shape index (κ3) is 4.15. The fourth-order valence-corrected chi connectivity index (χ4v) is 2.99. The Morgan fingerprint density at radius 3 is 2.30 bits per heavy atom. The van der Waals surface area contributed by atoms with Crippen LogP contribution in [0.25, 0.3) is 10.9 Å². The van der Waals surface area contributed by atoms with Crippen molar-refractivity contribution < 1.29 is 0 Å².